The van der Waals surface area contributed by atoms with E-state index in [1.807, 2.05) is 24.3 Å². The number of hydrogen-bond acceptors (Lipinski definition) is 3. The van der Waals surface area contributed by atoms with Crippen molar-refractivity contribution in [2.24, 2.45) is 0 Å². The molecule has 2 N–H and O–H groups in total. The third-order valence-corrected chi connectivity index (χ3v) is 2.15. The van der Waals surface area contributed by atoms with Crippen molar-refractivity contribution in [1.29, 1.82) is 0 Å². The molecule has 0 saturated heterocycles. The van der Waals surface area contributed by atoms with Crippen molar-refractivity contribution in [3.8, 4) is 0 Å². The van der Waals surface area contributed by atoms with Crippen LogP contribution in [0.3, 0.4) is 0 Å². The standard InChI is InChI=1S/C10H12N2O2/c13-7-9(14)6-12-10-4-2-1-3-8(10)5-11-12/h1-5,9,13-14H,6-7H2. The molecule has 0 fully saturated rings. The van der Waals surface area contributed by atoms with Gasteiger partial charge < -0.3 is 10.2 Å². The zero-order valence-corrected chi connectivity index (χ0v) is 7.67. The number of aliphatic hydroxyl groups is 2. The van der Waals surface area contributed by atoms with Gasteiger partial charge in [-0.15, -0.1) is 0 Å². The molecule has 0 saturated carbocycles. The van der Waals surface area contributed by atoms with Gasteiger partial charge >= 0.3 is 0 Å². The van der Waals surface area contributed by atoms with Crippen LogP contribution in [0.15, 0.2) is 30.5 Å². The average Bonchev–Trinajstić information content (AvgIpc) is 2.62. The van der Waals surface area contributed by atoms with Gasteiger partial charge in [0.1, 0.15) is 0 Å². The van der Waals surface area contributed by atoms with Crippen LogP contribution in [0.25, 0.3) is 10.9 Å². The SMILES string of the molecule is OCC(O)Cn1ncc2ccccc21. The number of benzene rings is 1. The van der Waals surface area contributed by atoms with Crippen LogP contribution in [0.5, 0.6) is 0 Å². The fourth-order valence-corrected chi connectivity index (χ4v) is 1.43. The Kier molecular flexibility index (Phi) is 2.47. The average molecular weight is 192 g/mol. The molecule has 0 radical (unpaired) electrons. The van der Waals surface area contributed by atoms with Gasteiger partial charge in [-0.2, -0.15) is 5.10 Å². The smallest absolute Gasteiger partial charge is 0.0966 e. The van der Waals surface area contributed by atoms with Gasteiger partial charge in [-0.25, -0.2) is 0 Å². The van der Waals surface area contributed by atoms with Crippen LogP contribution >= 0.6 is 0 Å². The highest BCUT2D eigenvalue weighted by atomic mass is 16.3. The van der Waals surface area contributed by atoms with E-state index in [-0.39, 0.29) is 6.61 Å². The number of para-hydroxylation sites is 1. The fraction of sp³-hybridized carbons (Fsp3) is 0.300. The van der Waals surface area contributed by atoms with Crippen LogP contribution in [0.1, 0.15) is 0 Å². The Morgan fingerprint density at radius 3 is 2.93 bits per heavy atom. The maximum atomic E-state index is 9.28. The summed E-state index contributed by atoms with van der Waals surface area (Å²) in [6, 6.07) is 7.76. The van der Waals surface area contributed by atoms with Crippen LogP contribution in [0.4, 0.5) is 0 Å². The molecule has 2 rings (SSSR count). The number of rotatable bonds is 3. The van der Waals surface area contributed by atoms with Gasteiger partial charge in [0.2, 0.25) is 0 Å². The van der Waals surface area contributed by atoms with Crippen molar-refractivity contribution >= 4 is 10.9 Å². The zero-order chi connectivity index (χ0) is 9.97. The van der Waals surface area contributed by atoms with E-state index in [1.165, 1.54) is 0 Å². The maximum absolute atomic E-state index is 9.28. The lowest BCUT2D eigenvalue weighted by molar-refractivity contribution is 0.0793. The maximum Gasteiger partial charge on any atom is 0.0966 e. The minimum absolute atomic E-state index is 0.242. The second-order valence-corrected chi connectivity index (χ2v) is 3.22. The van der Waals surface area contributed by atoms with E-state index in [2.05, 4.69) is 5.10 Å². The predicted molar refractivity (Wildman–Crippen MR) is 52.8 cm³/mol. The first-order valence-corrected chi connectivity index (χ1v) is 4.50. The third-order valence-electron chi connectivity index (χ3n) is 2.15. The second kappa shape index (κ2) is 3.77. The predicted octanol–water partition coefficient (Wildman–Crippen LogP) is 0.389. The van der Waals surface area contributed by atoms with E-state index in [1.54, 1.807) is 10.9 Å². The highest BCUT2D eigenvalue weighted by molar-refractivity contribution is 5.78. The number of nitrogens with zero attached hydrogens (tertiary/aromatic N) is 2. The van der Waals surface area contributed by atoms with Crippen LogP contribution < -0.4 is 0 Å². The summed E-state index contributed by atoms with van der Waals surface area (Å²) in [7, 11) is 0. The van der Waals surface area contributed by atoms with E-state index in [0.29, 0.717) is 6.54 Å². The second-order valence-electron chi connectivity index (χ2n) is 3.22. The first-order valence-electron chi connectivity index (χ1n) is 4.50. The molecule has 1 aromatic heterocycles. The van der Waals surface area contributed by atoms with E-state index in [4.69, 9.17) is 5.11 Å². The van der Waals surface area contributed by atoms with E-state index in [0.717, 1.165) is 10.9 Å². The van der Waals surface area contributed by atoms with Crippen molar-refractivity contribution in [1.82, 2.24) is 9.78 Å². The zero-order valence-electron chi connectivity index (χ0n) is 7.67. The van der Waals surface area contributed by atoms with Crippen molar-refractivity contribution in [2.45, 2.75) is 12.6 Å². The Balaban J connectivity index is 2.33. The largest absolute Gasteiger partial charge is 0.394 e. The molecule has 1 heterocycles. The van der Waals surface area contributed by atoms with E-state index < -0.39 is 6.10 Å². The molecule has 0 aliphatic heterocycles. The van der Waals surface area contributed by atoms with Crippen molar-refractivity contribution in [2.75, 3.05) is 6.61 Å². The molecule has 0 aliphatic rings. The third kappa shape index (κ3) is 1.62. The molecular formula is C10H12N2O2. The number of aromatic nitrogens is 2. The molecule has 2 aromatic rings. The summed E-state index contributed by atoms with van der Waals surface area (Å²) in [6.45, 7) is 0.0815. The minimum Gasteiger partial charge on any atom is -0.394 e. The van der Waals surface area contributed by atoms with E-state index in [9.17, 15) is 5.11 Å². The van der Waals surface area contributed by atoms with Crippen LogP contribution in [0.2, 0.25) is 0 Å². The van der Waals surface area contributed by atoms with Gasteiger partial charge in [-0.05, 0) is 6.07 Å². The molecule has 1 unspecified atom stereocenters. The van der Waals surface area contributed by atoms with Gasteiger partial charge in [0.05, 0.1) is 31.0 Å². The number of fused-ring (bicyclic) bond motifs is 1. The lowest BCUT2D eigenvalue weighted by atomic mass is 10.2. The van der Waals surface area contributed by atoms with Gasteiger partial charge in [-0.1, -0.05) is 18.2 Å². The lowest BCUT2D eigenvalue weighted by Gasteiger charge is -2.07. The number of hydrogen-bond donors (Lipinski definition) is 2. The van der Waals surface area contributed by atoms with Crippen LogP contribution in [-0.2, 0) is 6.54 Å². The van der Waals surface area contributed by atoms with Crippen LogP contribution in [-0.4, -0.2) is 32.7 Å². The summed E-state index contributed by atoms with van der Waals surface area (Å²) in [5, 5.41) is 23.2. The fourth-order valence-electron chi connectivity index (χ4n) is 1.43. The van der Waals surface area contributed by atoms with Gasteiger partial charge in [0.15, 0.2) is 0 Å². The van der Waals surface area contributed by atoms with Gasteiger partial charge in [0, 0.05) is 5.39 Å². The Bertz CT molecular complexity index is 425. The summed E-state index contributed by atoms with van der Waals surface area (Å²) < 4.78 is 1.69. The Labute approximate surface area is 81.4 Å². The molecule has 74 valence electrons. The molecule has 0 bridgehead atoms. The first-order chi connectivity index (χ1) is 6.81. The summed E-state index contributed by atoms with van der Waals surface area (Å²) in [6.07, 6.45) is 0.998. The van der Waals surface area contributed by atoms with Gasteiger partial charge in [0.25, 0.3) is 0 Å². The normalized spacial score (nSPS) is 13.3. The lowest BCUT2D eigenvalue weighted by Crippen LogP contribution is -2.20. The quantitative estimate of drug-likeness (QED) is 0.739. The van der Waals surface area contributed by atoms with Crippen LogP contribution in [0, 0.1) is 0 Å². The molecule has 0 aliphatic carbocycles. The molecule has 0 amide bonds. The van der Waals surface area contributed by atoms with Crippen molar-refractivity contribution in [3.05, 3.63) is 30.5 Å². The summed E-state index contributed by atoms with van der Waals surface area (Å²) in [4.78, 5) is 0. The highest BCUT2D eigenvalue weighted by Gasteiger charge is 2.06. The summed E-state index contributed by atoms with van der Waals surface area (Å²) >= 11 is 0. The minimum atomic E-state index is -0.752. The van der Waals surface area contributed by atoms with Crippen molar-refractivity contribution in [3.63, 3.8) is 0 Å². The summed E-state index contributed by atoms with van der Waals surface area (Å²) in [5.74, 6) is 0. The topological polar surface area (TPSA) is 58.3 Å². The monoisotopic (exact) mass is 192 g/mol. The molecule has 1 aromatic carbocycles. The first kappa shape index (κ1) is 9.18. The molecule has 14 heavy (non-hydrogen) atoms. The molecular weight excluding hydrogens is 180 g/mol. The number of aliphatic hydroxyl groups excluding tert-OH is 2. The van der Waals surface area contributed by atoms with Gasteiger partial charge in [-0.3, -0.25) is 4.68 Å². The van der Waals surface area contributed by atoms with Crippen molar-refractivity contribution < 1.29 is 10.2 Å². The highest BCUT2D eigenvalue weighted by Crippen LogP contribution is 2.12. The Hall–Kier alpha value is -1.39. The summed E-state index contributed by atoms with van der Waals surface area (Å²) in [5.41, 5.74) is 0.972. The molecule has 4 nitrogen and oxygen atoms in total. The Morgan fingerprint density at radius 1 is 1.36 bits per heavy atom. The molecule has 1 atom stereocenters. The molecule has 0 spiro atoms. The Morgan fingerprint density at radius 2 is 2.14 bits per heavy atom. The van der Waals surface area contributed by atoms with E-state index >= 15 is 0 Å². The molecule has 4 heteroatoms.